The fourth-order valence-corrected chi connectivity index (χ4v) is 3.77. The number of hydrogen-bond donors (Lipinski definition) is 0. The van der Waals surface area contributed by atoms with Gasteiger partial charge in [-0.2, -0.15) is 0 Å². The van der Waals surface area contributed by atoms with Gasteiger partial charge >= 0.3 is 12.1 Å². The maximum Gasteiger partial charge on any atom is 0.411 e. The number of ether oxygens (including phenoxy) is 2. The Labute approximate surface area is 147 Å². The molecule has 1 amide bonds. The Hall–Kier alpha value is -1.69. The van der Waals surface area contributed by atoms with Gasteiger partial charge in [-0.05, 0) is 46.2 Å². The average molecular weight is 351 g/mol. The molecule has 2 unspecified atom stereocenters. The number of thioether (sulfide) groups is 1. The van der Waals surface area contributed by atoms with Gasteiger partial charge in [0, 0.05) is 16.7 Å². The Kier molecular flexibility index (Phi) is 5.80. The zero-order valence-electron chi connectivity index (χ0n) is 14.9. The van der Waals surface area contributed by atoms with E-state index < -0.39 is 23.7 Å². The van der Waals surface area contributed by atoms with Crippen LogP contribution in [0.2, 0.25) is 0 Å². The van der Waals surface area contributed by atoms with E-state index in [9.17, 15) is 9.59 Å². The minimum atomic E-state index is -0.597. The lowest BCUT2D eigenvalue weighted by Gasteiger charge is -2.27. The first-order valence-electron chi connectivity index (χ1n) is 8.00. The van der Waals surface area contributed by atoms with E-state index in [-0.39, 0.29) is 5.25 Å². The molecule has 0 bridgehead atoms. The maximum atomic E-state index is 12.4. The first-order valence-corrected chi connectivity index (χ1v) is 8.88. The number of likely N-dealkylation sites (tertiary alicyclic amines) is 1. The molecule has 1 aliphatic rings. The Bertz CT molecular complexity index is 594. The number of hydrogen-bond acceptors (Lipinski definition) is 5. The molecule has 1 heterocycles. The normalized spacial score (nSPS) is 20.8. The lowest BCUT2D eigenvalue weighted by molar-refractivity contribution is -0.145. The van der Waals surface area contributed by atoms with Gasteiger partial charge in [0.1, 0.15) is 11.6 Å². The van der Waals surface area contributed by atoms with Crippen LogP contribution in [0.4, 0.5) is 4.79 Å². The topological polar surface area (TPSA) is 55.8 Å². The second-order valence-corrected chi connectivity index (χ2v) is 8.33. The molecule has 1 aliphatic heterocycles. The van der Waals surface area contributed by atoms with E-state index in [1.165, 1.54) is 17.6 Å². The molecule has 0 spiro atoms. The number of esters is 1. The third-order valence-electron chi connectivity index (χ3n) is 3.69. The molecular weight excluding hydrogens is 326 g/mol. The number of carbonyl (C=O) groups is 2. The Morgan fingerprint density at radius 1 is 1.21 bits per heavy atom. The van der Waals surface area contributed by atoms with Crippen molar-refractivity contribution in [3.05, 3.63) is 29.8 Å². The quantitative estimate of drug-likeness (QED) is 0.778. The van der Waals surface area contributed by atoms with Crippen LogP contribution in [0.25, 0.3) is 0 Å². The van der Waals surface area contributed by atoms with Crippen LogP contribution in [0.1, 0.15) is 32.8 Å². The molecule has 1 aromatic rings. The minimum Gasteiger partial charge on any atom is -0.467 e. The van der Waals surface area contributed by atoms with Crippen LogP contribution in [0.3, 0.4) is 0 Å². The summed E-state index contributed by atoms with van der Waals surface area (Å²) in [4.78, 5) is 27.1. The monoisotopic (exact) mass is 351 g/mol. The number of benzene rings is 1. The van der Waals surface area contributed by atoms with E-state index >= 15 is 0 Å². The van der Waals surface area contributed by atoms with Crippen LogP contribution in [-0.2, 0) is 14.3 Å². The van der Waals surface area contributed by atoms with Crippen LogP contribution in [0.5, 0.6) is 0 Å². The highest BCUT2D eigenvalue weighted by Crippen LogP contribution is 2.34. The van der Waals surface area contributed by atoms with Crippen LogP contribution in [0.15, 0.2) is 29.2 Å². The molecule has 1 fully saturated rings. The summed E-state index contributed by atoms with van der Waals surface area (Å²) in [5.41, 5.74) is 0.605. The molecule has 24 heavy (non-hydrogen) atoms. The van der Waals surface area contributed by atoms with Crippen molar-refractivity contribution < 1.29 is 19.1 Å². The fourth-order valence-electron chi connectivity index (χ4n) is 2.57. The summed E-state index contributed by atoms with van der Waals surface area (Å²) in [5.74, 6) is -0.395. The number of rotatable bonds is 3. The number of carbonyl (C=O) groups excluding carboxylic acids is 2. The summed E-state index contributed by atoms with van der Waals surface area (Å²) in [7, 11) is 1.34. The summed E-state index contributed by atoms with van der Waals surface area (Å²) >= 11 is 1.67. The number of methoxy groups -OCH3 is 1. The van der Waals surface area contributed by atoms with E-state index in [1.807, 2.05) is 27.7 Å². The molecule has 0 N–H and O–H groups in total. The second-order valence-electron chi connectivity index (χ2n) is 6.96. The van der Waals surface area contributed by atoms with Gasteiger partial charge in [0.2, 0.25) is 0 Å². The molecule has 2 atom stereocenters. The minimum absolute atomic E-state index is 0.129. The Balaban J connectivity index is 2.09. The molecule has 0 saturated carbocycles. The van der Waals surface area contributed by atoms with Crippen molar-refractivity contribution in [3.63, 3.8) is 0 Å². The molecule has 0 aliphatic carbocycles. The van der Waals surface area contributed by atoms with Crippen molar-refractivity contribution in [1.29, 1.82) is 0 Å². The summed E-state index contributed by atoms with van der Waals surface area (Å²) in [6.07, 6.45) is 0.0923. The van der Waals surface area contributed by atoms with Crippen molar-refractivity contribution >= 4 is 23.8 Å². The first kappa shape index (κ1) is 18.6. The van der Waals surface area contributed by atoms with Crippen LogP contribution in [0, 0.1) is 6.92 Å². The van der Waals surface area contributed by atoms with Gasteiger partial charge in [-0.1, -0.05) is 17.7 Å². The van der Waals surface area contributed by atoms with Crippen molar-refractivity contribution in [2.45, 2.75) is 55.9 Å². The number of amides is 1. The van der Waals surface area contributed by atoms with Gasteiger partial charge in [0.25, 0.3) is 0 Å². The summed E-state index contributed by atoms with van der Waals surface area (Å²) < 4.78 is 10.3. The number of aryl methyl sites for hydroxylation is 1. The van der Waals surface area contributed by atoms with E-state index in [0.29, 0.717) is 13.0 Å². The van der Waals surface area contributed by atoms with E-state index in [1.54, 1.807) is 11.8 Å². The highest BCUT2D eigenvalue weighted by atomic mass is 32.2. The molecule has 2 rings (SSSR count). The fraction of sp³-hybridized carbons (Fsp3) is 0.556. The largest absolute Gasteiger partial charge is 0.467 e. The van der Waals surface area contributed by atoms with Crippen molar-refractivity contribution in [2.75, 3.05) is 13.7 Å². The van der Waals surface area contributed by atoms with Crippen LogP contribution >= 0.6 is 11.8 Å². The molecule has 5 nitrogen and oxygen atoms in total. The molecule has 1 saturated heterocycles. The van der Waals surface area contributed by atoms with E-state index in [0.717, 1.165) is 4.90 Å². The molecule has 6 heteroatoms. The van der Waals surface area contributed by atoms with Gasteiger partial charge in [-0.25, -0.2) is 9.59 Å². The highest BCUT2D eigenvalue weighted by Gasteiger charge is 2.42. The van der Waals surface area contributed by atoms with Crippen molar-refractivity contribution in [2.24, 2.45) is 0 Å². The predicted octanol–water partition coefficient (Wildman–Crippen LogP) is 3.64. The summed E-state index contributed by atoms with van der Waals surface area (Å²) in [5, 5.41) is 0.129. The van der Waals surface area contributed by atoms with Crippen molar-refractivity contribution in [1.82, 2.24) is 4.90 Å². The first-order chi connectivity index (χ1) is 11.2. The summed E-state index contributed by atoms with van der Waals surface area (Å²) in [6, 6.07) is 7.64. The van der Waals surface area contributed by atoms with Crippen LogP contribution in [-0.4, -0.2) is 47.5 Å². The lowest BCUT2D eigenvalue weighted by atomic mass is 10.2. The van der Waals surface area contributed by atoms with Crippen molar-refractivity contribution in [3.8, 4) is 0 Å². The molecule has 1 aromatic carbocycles. The lowest BCUT2D eigenvalue weighted by Crippen LogP contribution is -2.43. The van der Waals surface area contributed by atoms with Gasteiger partial charge in [-0.3, -0.25) is 4.90 Å². The van der Waals surface area contributed by atoms with Gasteiger partial charge < -0.3 is 9.47 Å². The predicted molar refractivity (Wildman–Crippen MR) is 94.2 cm³/mol. The molecular formula is C18H25NO4S. The van der Waals surface area contributed by atoms with Gasteiger partial charge in [0.05, 0.1) is 7.11 Å². The molecule has 0 radical (unpaired) electrons. The zero-order chi connectivity index (χ0) is 17.9. The average Bonchev–Trinajstić information content (AvgIpc) is 2.91. The Morgan fingerprint density at radius 3 is 2.38 bits per heavy atom. The smallest absolute Gasteiger partial charge is 0.411 e. The number of nitrogens with zero attached hydrogens (tertiary/aromatic N) is 1. The summed E-state index contributed by atoms with van der Waals surface area (Å²) in [6.45, 7) is 7.95. The third kappa shape index (κ3) is 4.90. The second kappa shape index (κ2) is 7.47. The zero-order valence-corrected chi connectivity index (χ0v) is 15.7. The Morgan fingerprint density at radius 2 is 1.83 bits per heavy atom. The molecule has 132 valence electrons. The highest BCUT2D eigenvalue weighted by molar-refractivity contribution is 8.00. The van der Waals surface area contributed by atoms with Gasteiger partial charge in [-0.15, -0.1) is 11.8 Å². The third-order valence-corrected chi connectivity index (χ3v) is 4.91. The van der Waals surface area contributed by atoms with E-state index in [2.05, 4.69) is 24.3 Å². The SMILES string of the molecule is COC(=O)C1CC(Sc2ccc(C)cc2)CN1C(=O)OC(C)(C)C. The standard InChI is InChI=1S/C18H25NO4S/c1-12-6-8-13(9-7-12)24-14-10-15(16(20)22-5)19(11-14)17(21)23-18(2,3)4/h6-9,14-15H,10-11H2,1-5H3. The maximum absolute atomic E-state index is 12.4. The van der Waals surface area contributed by atoms with Crippen LogP contribution < -0.4 is 0 Å². The molecule has 0 aromatic heterocycles. The van der Waals surface area contributed by atoms with E-state index in [4.69, 9.17) is 9.47 Å². The van der Waals surface area contributed by atoms with Gasteiger partial charge in [0.15, 0.2) is 0 Å².